The quantitative estimate of drug-likeness (QED) is 0.292. The van der Waals surface area contributed by atoms with Crippen molar-refractivity contribution in [2.24, 2.45) is 0 Å². The predicted molar refractivity (Wildman–Crippen MR) is 117 cm³/mol. The number of aromatic nitrogens is 1. The van der Waals surface area contributed by atoms with Crippen LogP contribution in [0.2, 0.25) is 0 Å². The predicted octanol–water partition coefficient (Wildman–Crippen LogP) is 6.49. The van der Waals surface area contributed by atoms with Gasteiger partial charge in [-0.15, -0.1) is 0 Å². The summed E-state index contributed by atoms with van der Waals surface area (Å²) in [6, 6.07) is 17.4. The summed E-state index contributed by atoms with van der Waals surface area (Å²) >= 11 is 0. The Kier molecular flexibility index (Phi) is 5.08. The molecule has 0 N–H and O–H groups in total. The molecule has 3 nitrogen and oxygen atoms in total. The van der Waals surface area contributed by atoms with Crippen molar-refractivity contribution in [1.29, 1.82) is 0 Å². The van der Waals surface area contributed by atoms with Crippen LogP contribution in [-0.2, 0) is 0 Å². The molecule has 4 aromatic rings. The number of pyridine rings is 1. The highest BCUT2D eigenvalue weighted by atomic mass is 19.1. The molecule has 1 aromatic heterocycles. The third kappa shape index (κ3) is 3.81. The lowest BCUT2D eigenvalue weighted by Gasteiger charge is -2.13. The van der Waals surface area contributed by atoms with Crippen LogP contribution in [0.15, 0.2) is 60.7 Å². The Hall–Kier alpha value is -3.53. The van der Waals surface area contributed by atoms with E-state index in [4.69, 9.17) is 9.72 Å². The number of rotatable bonds is 3. The van der Waals surface area contributed by atoms with Gasteiger partial charge in [-0.1, -0.05) is 17.7 Å². The van der Waals surface area contributed by atoms with Crippen LogP contribution in [-0.4, -0.2) is 11.0 Å². The molecule has 0 saturated carbocycles. The third-order valence-electron chi connectivity index (χ3n) is 5.30. The first kappa shape index (κ1) is 19.8. The fraction of sp³-hybridized carbons (Fsp3) is 0.154. The highest BCUT2D eigenvalue weighted by molar-refractivity contribution is 6.06. The summed E-state index contributed by atoms with van der Waals surface area (Å²) in [5.74, 6) is -0.263. The van der Waals surface area contributed by atoms with Crippen LogP contribution in [0.3, 0.4) is 0 Å². The molecule has 0 atom stereocenters. The summed E-state index contributed by atoms with van der Waals surface area (Å²) in [6.45, 7) is 7.94. The van der Waals surface area contributed by atoms with Crippen molar-refractivity contribution in [2.45, 2.75) is 27.7 Å². The van der Waals surface area contributed by atoms with Crippen molar-refractivity contribution in [3.05, 3.63) is 94.3 Å². The molecule has 0 amide bonds. The van der Waals surface area contributed by atoms with Gasteiger partial charge in [0.25, 0.3) is 0 Å². The van der Waals surface area contributed by atoms with Crippen molar-refractivity contribution >= 4 is 16.9 Å². The molecule has 0 radical (unpaired) electrons. The molecular weight excluding hydrogens is 377 g/mol. The van der Waals surface area contributed by atoms with Crippen LogP contribution in [0.25, 0.3) is 22.2 Å². The Morgan fingerprint density at radius 1 is 0.833 bits per heavy atom. The summed E-state index contributed by atoms with van der Waals surface area (Å²) in [7, 11) is 0. The lowest BCUT2D eigenvalue weighted by molar-refractivity contribution is 0.0736. The van der Waals surface area contributed by atoms with E-state index in [0.29, 0.717) is 17.0 Å². The number of esters is 1. The first-order valence-electron chi connectivity index (χ1n) is 9.79. The topological polar surface area (TPSA) is 39.2 Å². The zero-order valence-electron chi connectivity index (χ0n) is 17.4. The van der Waals surface area contributed by atoms with Gasteiger partial charge in [0.15, 0.2) is 0 Å². The summed E-state index contributed by atoms with van der Waals surface area (Å²) in [6.07, 6.45) is 0. The van der Waals surface area contributed by atoms with Crippen LogP contribution in [0.1, 0.15) is 32.6 Å². The van der Waals surface area contributed by atoms with Crippen LogP contribution < -0.4 is 4.74 Å². The number of aryl methyl sites for hydroxylation is 4. The molecule has 0 aliphatic rings. The van der Waals surface area contributed by atoms with Gasteiger partial charge in [-0.25, -0.2) is 14.2 Å². The van der Waals surface area contributed by atoms with Gasteiger partial charge in [0, 0.05) is 10.9 Å². The maximum absolute atomic E-state index is 13.4. The van der Waals surface area contributed by atoms with E-state index in [2.05, 4.69) is 0 Å². The molecule has 4 rings (SSSR count). The fourth-order valence-electron chi connectivity index (χ4n) is 3.56. The Balaban J connectivity index is 1.86. The number of ether oxygens (including phenoxy) is 1. The highest BCUT2D eigenvalue weighted by Gasteiger charge is 2.18. The minimum absolute atomic E-state index is 0.319. The van der Waals surface area contributed by atoms with Gasteiger partial charge >= 0.3 is 5.97 Å². The Morgan fingerprint density at radius 3 is 2.27 bits per heavy atom. The van der Waals surface area contributed by atoms with E-state index in [1.54, 1.807) is 24.3 Å². The minimum atomic E-state index is -0.445. The van der Waals surface area contributed by atoms with E-state index in [1.165, 1.54) is 12.1 Å². The molecule has 0 spiro atoms. The second-order valence-electron chi connectivity index (χ2n) is 7.68. The molecule has 0 bridgehead atoms. The smallest absolute Gasteiger partial charge is 0.344 e. The highest BCUT2D eigenvalue weighted by Crippen LogP contribution is 2.29. The van der Waals surface area contributed by atoms with Crippen LogP contribution in [0.4, 0.5) is 4.39 Å². The van der Waals surface area contributed by atoms with Crippen LogP contribution >= 0.6 is 0 Å². The molecule has 1 heterocycles. The number of benzene rings is 3. The van der Waals surface area contributed by atoms with E-state index in [9.17, 15) is 9.18 Å². The zero-order chi connectivity index (χ0) is 21.4. The average Bonchev–Trinajstić information content (AvgIpc) is 2.70. The Morgan fingerprint density at radius 2 is 1.57 bits per heavy atom. The van der Waals surface area contributed by atoms with Gasteiger partial charge in [-0.3, -0.25) is 0 Å². The van der Waals surface area contributed by atoms with Crippen LogP contribution in [0, 0.1) is 33.5 Å². The number of carbonyl (C=O) groups is 1. The molecule has 30 heavy (non-hydrogen) atoms. The monoisotopic (exact) mass is 399 g/mol. The molecule has 0 fully saturated rings. The van der Waals surface area contributed by atoms with E-state index in [-0.39, 0.29) is 5.82 Å². The number of hydrogen-bond acceptors (Lipinski definition) is 3. The maximum atomic E-state index is 13.4. The second-order valence-corrected chi connectivity index (χ2v) is 7.68. The lowest BCUT2D eigenvalue weighted by atomic mass is 10.00. The van der Waals surface area contributed by atoms with Crippen molar-refractivity contribution < 1.29 is 13.9 Å². The van der Waals surface area contributed by atoms with Crippen molar-refractivity contribution in [2.75, 3.05) is 0 Å². The summed E-state index contributed by atoms with van der Waals surface area (Å²) in [5, 5.41) is 0.743. The Bertz CT molecular complexity index is 1280. The summed E-state index contributed by atoms with van der Waals surface area (Å²) in [5.41, 5.74) is 6.69. The van der Waals surface area contributed by atoms with Crippen molar-refractivity contribution in [3.8, 4) is 17.0 Å². The third-order valence-corrected chi connectivity index (χ3v) is 5.30. The average molecular weight is 399 g/mol. The van der Waals surface area contributed by atoms with Gasteiger partial charge in [-0.2, -0.15) is 0 Å². The molecular formula is C26H22FNO2. The van der Waals surface area contributed by atoms with Crippen molar-refractivity contribution in [1.82, 2.24) is 4.98 Å². The lowest BCUT2D eigenvalue weighted by Crippen LogP contribution is -2.11. The van der Waals surface area contributed by atoms with Gasteiger partial charge < -0.3 is 4.74 Å². The number of hydrogen-bond donors (Lipinski definition) is 0. The standard InChI is InChI=1S/C26H22FNO2/c1-15-11-18(4)25-22(12-15)23(14-24(28-25)19-6-8-20(27)9-7-19)26(29)30-21-10-5-16(2)17(3)13-21/h5-14H,1-4H3. The van der Waals surface area contributed by atoms with Gasteiger partial charge in [-0.05, 0) is 92.9 Å². The van der Waals surface area contributed by atoms with Crippen molar-refractivity contribution in [3.63, 3.8) is 0 Å². The maximum Gasteiger partial charge on any atom is 0.344 e. The first-order valence-corrected chi connectivity index (χ1v) is 9.79. The molecule has 0 unspecified atom stereocenters. The number of nitrogens with zero attached hydrogens (tertiary/aromatic N) is 1. The largest absolute Gasteiger partial charge is 0.423 e. The van der Waals surface area contributed by atoms with Crippen LogP contribution in [0.5, 0.6) is 5.75 Å². The molecule has 0 aliphatic carbocycles. The van der Waals surface area contributed by atoms with E-state index in [0.717, 1.165) is 38.7 Å². The number of carbonyl (C=O) groups excluding carboxylic acids is 1. The SMILES string of the molecule is Cc1cc(C)c2nc(-c3ccc(F)cc3)cc(C(=O)Oc3ccc(C)c(C)c3)c2c1. The van der Waals surface area contributed by atoms with Gasteiger partial charge in [0.05, 0.1) is 16.8 Å². The fourth-order valence-corrected chi connectivity index (χ4v) is 3.56. The van der Waals surface area contributed by atoms with Gasteiger partial charge in [0.2, 0.25) is 0 Å². The van der Waals surface area contributed by atoms with E-state index >= 15 is 0 Å². The molecule has 0 aliphatic heterocycles. The number of fused-ring (bicyclic) bond motifs is 1. The normalized spacial score (nSPS) is 11.0. The zero-order valence-corrected chi connectivity index (χ0v) is 17.4. The van der Waals surface area contributed by atoms with E-state index < -0.39 is 5.97 Å². The minimum Gasteiger partial charge on any atom is -0.423 e. The summed E-state index contributed by atoms with van der Waals surface area (Å²) in [4.78, 5) is 17.9. The molecule has 150 valence electrons. The molecule has 4 heteroatoms. The Labute approximate surface area is 175 Å². The van der Waals surface area contributed by atoms with E-state index in [1.807, 2.05) is 52.0 Å². The van der Waals surface area contributed by atoms with Gasteiger partial charge in [0.1, 0.15) is 11.6 Å². The summed E-state index contributed by atoms with van der Waals surface area (Å²) < 4.78 is 19.1. The molecule has 0 saturated heterocycles. The number of halogens is 1. The second kappa shape index (κ2) is 7.71. The molecule has 3 aromatic carbocycles. The first-order chi connectivity index (χ1) is 14.3.